The Morgan fingerprint density at radius 1 is 1.28 bits per heavy atom. The Bertz CT molecular complexity index is 665. The molecule has 0 saturated carbocycles. The van der Waals surface area contributed by atoms with Crippen molar-refractivity contribution in [1.82, 2.24) is 20.2 Å². The van der Waals surface area contributed by atoms with Gasteiger partial charge in [-0.05, 0) is 12.1 Å². The van der Waals surface area contributed by atoms with Gasteiger partial charge in [0.05, 0.1) is 24.5 Å². The van der Waals surface area contributed by atoms with Crippen LogP contribution in [0.15, 0.2) is 36.9 Å². The Balaban J connectivity index is 2.06. The van der Waals surface area contributed by atoms with Crippen LogP contribution in [0.5, 0.6) is 5.75 Å². The number of aromatic amines is 1. The van der Waals surface area contributed by atoms with Gasteiger partial charge in [-0.2, -0.15) is 5.10 Å². The van der Waals surface area contributed by atoms with Gasteiger partial charge in [0.1, 0.15) is 17.9 Å². The maximum atomic E-state index is 5.17. The maximum absolute atomic E-state index is 5.17. The predicted octanol–water partition coefficient (Wildman–Crippen LogP) is 2.11. The molecular formula is C12H11N5O. The molecule has 2 heterocycles. The van der Waals surface area contributed by atoms with E-state index in [1.807, 2.05) is 18.2 Å². The molecule has 18 heavy (non-hydrogen) atoms. The van der Waals surface area contributed by atoms with Gasteiger partial charge < -0.3 is 10.1 Å². The van der Waals surface area contributed by atoms with Crippen molar-refractivity contribution in [3.8, 4) is 5.75 Å². The van der Waals surface area contributed by atoms with E-state index in [4.69, 9.17) is 4.74 Å². The Hall–Kier alpha value is -2.63. The first-order valence-electron chi connectivity index (χ1n) is 5.41. The first kappa shape index (κ1) is 10.5. The van der Waals surface area contributed by atoms with Crippen LogP contribution in [0.2, 0.25) is 0 Å². The van der Waals surface area contributed by atoms with Gasteiger partial charge in [-0.15, -0.1) is 0 Å². The van der Waals surface area contributed by atoms with E-state index in [2.05, 4.69) is 25.5 Å². The van der Waals surface area contributed by atoms with Crippen LogP contribution in [0, 0.1) is 0 Å². The molecule has 0 bridgehead atoms. The smallest absolute Gasteiger partial charge is 0.141 e. The van der Waals surface area contributed by atoms with Crippen molar-refractivity contribution in [2.45, 2.75) is 0 Å². The number of H-pyrrole nitrogens is 1. The minimum absolute atomic E-state index is 0.740. The van der Waals surface area contributed by atoms with Crippen LogP contribution in [0.1, 0.15) is 0 Å². The number of benzene rings is 1. The summed E-state index contributed by atoms with van der Waals surface area (Å²) < 4.78 is 5.17. The zero-order chi connectivity index (χ0) is 12.4. The van der Waals surface area contributed by atoms with Crippen molar-refractivity contribution in [3.63, 3.8) is 0 Å². The zero-order valence-corrected chi connectivity index (χ0v) is 9.71. The van der Waals surface area contributed by atoms with Crippen molar-refractivity contribution >= 4 is 22.4 Å². The van der Waals surface area contributed by atoms with Gasteiger partial charge in [-0.3, -0.25) is 5.10 Å². The largest absolute Gasteiger partial charge is 0.497 e. The number of rotatable bonds is 3. The lowest BCUT2D eigenvalue weighted by Crippen LogP contribution is -1.95. The normalized spacial score (nSPS) is 10.5. The molecule has 0 aliphatic carbocycles. The molecule has 6 heteroatoms. The van der Waals surface area contributed by atoms with Crippen LogP contribution < -0.4 is 10.1 Å². The van der Waals surface area contributed by atoms with E-state index in [1.54, 1.807) is 19.5 Å². The maximum Gasteiger partial charge on any atom is 0.141 e. The lowest BCUT2D eigenvalue weighted by Gasteiger charge is -2.07. The summed E-state index contributed by atoms with van der Waals surface area (Å²) in [6, 6.07) is 5.68. The number of hydrogen-bond acceptors (Lipinski definition) is 5. The van der Waals surface area contributed by atoms with Crippen molar-refractivity contribution in [3.05, 3.63) is 36.9 Å². The molecule has 0 amide bonds. The molecule has 0 spiro atoms. The third-order valence-electron chi connectivity index (χ3n) is 2.60. The minimum Gasteiger partial charge on any atom is -0.497 e. The summed E-state index contributed by atoms with van der Waals surface area (Å²) in [7, 11) is 1.63. The highest BCUT2D eigenvalue weighted by atomic mass is 16.5. The van der Waals surface area contributed by atoms with Crippen molar-refractivity contribution in [1.29, 1.82) is 0 Å². The van der Waals surface area contributed by atoms with Crippen molar-refractivity contribution in [2.24, 2.45) is 0 Å². The van der Waals surface area contributed by atoms with E-state index in [0.29, 0.717) is 0 Å². The predicted molar refractivity (Wildman–Crippen MR) is 68.0 cm³/mol. The van der Waals surface area contributed by atoms with Gasteiger partial charge in [0, 0.05) is 17.6 Å². The Labute approximate surface area is 103 Å². The molecule has 2 aromatic heterocycles. The van der Waals surface area contributed by atoms with E-state index in [0.717, 1.165) is 28.2 Å². The highest BCUT2D eigenvalue weighted by molar-refractivity contribution is 5.91. The highest BCUT2D eigenvalue weighted by Crippen LogP contribution is 2.25. The molecule has 3 aromatic rings. The Morgan fingerprint density at radius 2 is 2.22 bits per heavy atom. The lowest BCUT2D eigenvalue weighted by atomic mass is 10.2. The number of nitrogens with one attached hydrogen (secondary N) is 2. The average molecular weight is 241 g/mol. The summed E-state index contributed by atoms with van der Waals surface area (Å²) >= 11 is 0. The number of methoxy groups -OCH3 is 1. The zero-order valence-electron chi connectivity index (χ0n) is 9.71. The molecule has 0 aliphatic heterocycles. The van der Waals surface area contributed by atoms with Crippen LogP contribution in [0.4, 0.5) is 11.5 Å². The van der Waals surface area contributed by atoms with E-state index in [-0.39, 0.29) is 0 Å². The van der Waals surface area contributed by atoms with Gasteiger partial charge >= 0.3 is 0 Å². The van der Waals surface area contributed by atoms with Gasteiger partial charge in [0.25, 0.3) is 0 Å². The third kappa shape index (κ3) is 1.84. The highest BCUT2D eigenvalue weighted by Gasteiger charge is 2.05. The van der Waals surface area contributed by atoms with Gasteiger partial charge in [0.15, 0.2) is 0 Å². The molecule has 6 nitrogen and oxygen atoms in total. The number of anilines is 2. The second-order valence-corrected chi connectivity index (χ2v) is 3.72. The summed E-state index contributed by atoms with van der Waals surface area (Å²) in [6.45, 7) is 0. The Kier molecular flexibility index (Phi) is 2.53. The molecule has 0 radical (unpaired) electrons. The summed E-state index contributed by atoms with van der Waals surface area (Å²) in [6.07, 6.45) is 4.97. The standard InChI is InChI=1S/C12H11N5O/c1-18-9-2-3-10-11(4-9)13-7-14-12(10)17-8-5-15-16-6-8/h2-7H,1H3,(H,15,16)(H,13,14,17). The van der Waals surface area contributed by atoms with Gasteiger partial charge in [-0.25, -0.2) is 9.97 Å². The second-order valence-electron chi connectivity index (χ2n) is 3.72. The van der Waals surface area contributed by atoms with E-state index in [9.17, 15) is 0 Å². The lowest BCUT2D eigenvalue weighted by molar-refractivity contribution is 0.415. The number of ether oxygens (including phenoxy) is 1. The molecule has 0 atom stereocenters. The topological polar surface area (TPSA) is 75.7 Å². The molecule has 0 fully saturated rings. The Morgan fingerprint density at radius 3 is 3.00 bits per heavy atom. The molecule has 3 rings (SSSR count). The fourth-order valence-corrected chi connectivity index (χ4v) is 1.72. The molecule has 90 valence electrons. The summed E-state index contributed by atoms with van der Waals surface area (Å²) in [4.78, 5) is 8.46. The van der Waals surface area contributed by atoms with Gasteiger partial charge in [-0.1, -0.05) is 0 Å². The van der Waals surface area contributed by atoms with Gasteiger partial charge in [0.2, 0.25) is 0 Å². The van der Waals surface area contributed by atoms with E-state index >= 15 is 0 Å². The molecular weight excluding hydrogens is 230 g/mol. The molecule has 0 unspecified atom stereocenters. The number of fused-ring (bicyclic) bond motifs is 1. The molecule has 0 saturated heterocycles. The number of hydrogen-bond donors (Lipinski definition) is 2. The second kappa shape index (κ2) is 4.33. The third-order valence-corrected chi connectivity index (χ3v) is 2.60. The quantitative estimate of drug-likeness (QED) is 0.734. The fraction of sp³-hybridized carbons (Fsp3) is 0.0833. The van der Waals surface area contributed by atoms with Crippen LogP contribution in [-0.4, -0.2) is 27.3 Å². The summed E-state index contributed by atoms with van der Waals surface area (Å²) in [5, 5.41) is 10.7. The van der Waals surface area contributed by atoms with Crippen molar-refractivity contribution in [2.75, 3.05) is 12.4 Å². The SMILES string of the molecule is COc1ccc2c(Nc3cn[nH]c3)ncnc2c1. The van der Waals surface area contributed by atoms with E-state index in [1.165, 1.54) is 6.33 Å². The molecule has 0 aliphatic rings. The van der Waals surface area contributed by atoms with Crippen LogP contribution >= 0.6 is 0 Å². The van der Waals surface area contributed by atoms with Crippen LogP contribution in [-0.2, 0) is 0 Å². The summed E-state index contributed by atoms with van der Waals surface area (Å²) in [5.41, 5.74) is 1.68. The minimum atomic E-state index is 0.740. The first-order chi connectivity index (χ1) is 8.86. The molecule has 2 N–H and O–H groups in total. The summed E-state index contributed by atoms with van der Waals surface area (Å²) in [5.74, 6) is 1.51. The monoisotopic (exact) mass is 241 g/mol. The van der Waals surface area contributed by atoms with E-state index < -0.39 is 0 Å². The number of nitrogens with zero attached hydrogens (tertiary/aromatic N) is 3. The average Bonchev–Trinajstić information content (AvgIpc) is 2.91. The van der Waals surface area contributed by atoms with Crippen LogP contribution in [0.3, 0.4) is 0 Å². The number of aromatic nitrogens is 4. The molecule has 1 aromatic carbocycles. The van der Waals surface area contributed by atoms with Crippen molar-refractivity contribution < 1.29 is 4.74 Å². The van der Waals surface area contributed by atoms with Crippen LogP contribution in [0.25, 0.3) is 10.9 Å². The first-order valence-corrected chi connectivity index (χ1v) is 5.41. The fourth-order valence-electron chi connectivity index (χ4n) is 1.72.